The molecule has 0 heterocycles. The van der Waals surface area contributed by atoms with Crippen LogP contribution < -0.4 is 24.8 Å². The molecule has 2 N–H and O–H groups in total. The standard InChI is InChI=1S/C20H24N2O5/c1-21-20(24)15-5-4-6-16(12-15)27-13-19(23)22-10-9-14-7-8-17(25-2)18(11-14)26-3/h4-8,11-12H,9-10,13H2,1-3H3,(H,21,24)(H,22,23). The first-order chi connectivity index (χ1) is 13.1. The molecule has 0 aliphatic heterocycles. The maximum atomic E-state index is 11.9. The van der Waals surface area contributed by atoms with Crippen LogP contribution in [0.3, 0.4) is 0 Å². The highest BCUT2D eigenvalue weighted by molar-refractivity contribution is 5.94. The first-order valence-corrected chi connectivity index (χ1v) is 8.50. The second-order valence-corrected chi connectivity index (χ2v) is 5.68. The zero-order chi connectivity index (χ0) is 19.6. The van der Waals surface area contributed by atoms with E-state index in [9.17, 15) is 9.59 Å². The zero-order valence-corrected chi connectivity index (χ0v) is 15.7. The van der Waals surface area contributed by atoms with Crippen LogP contribution in [-0.4, -0.2) is 46.2 Å². The van der Waals surface area contributed by atoms with Crippen LogP contribution in [0.5, 0.6) is 17.2 Å². The van der Waals surface area contributed by atoms with E-state index in [1.165, 1.54) is 0 Å². The summed E-state index contributed by atoms with van der Waals surface area (Å²) in [6.07, 6.45) is 0.651. The molecule has 0 aliphatic rings. The van der Waals surface area contributed by atoms with Crippen molar-refractivity contribution in [1.29, 1.82) is 0 Å². The lowest BCUT2D eigenvalue weighted by molar-refractivity contribution is -0.123. The van der Waals surface area contributed by atoms with E-state index < -0.39 is 0 Å². The van der Waals surface area contributed by atoms with Crippen LogP contribution in [0.4, 0.5) is 0 Å². The van der Waals surface area contributed by atoms with Crippen LogP contribution in [-0.2, 0) is 11.2 Å². The van der Waals surface area contributed by atoms with Crippen LogP contribution in [0.2, 0.25) is 0 Å². The molecule has 7 heteroatoms. The van der Waals surface area contributed by atoms with Gasteiger partial charge in [0.15, 0.2) is 18.1 Å². The van der Waals surface area contributed by atoms with E-state index >= 15 is 0 Å². The lowest BCUT2D eigenvalue weighted by atomic mass is 10.1. The molecule has 0 saturated carbocycles. The van der Waals surface area contributed by atoms with Gasteiger partial charge in [0.05, 0.1) is 14.2 Å². The highest BCUT2D eigenvalue weighted by Crippen LogP contribution is 2.27. The molecule has 0 spiro atoms. The SMILES string of the molecule is CNC(=O)c1cccc(OCC(=O)NCCc2ccc(OC)c(OC)c2)c1. The number of hydrogen-bond donors (Lipinski definition) is 2. The fourth-order valence-corrected chi connectivity index (χ4v) is 2.45. The Labute approximate surface area is 158 Å². The Morgan fingerprint density at radius 2 is 1.78 bits per heavy atom. The minimum absolute atomic E-state index is 0.122. The third kappa shape index (κ3) is 5.91. The van der Waals surface area contributed by atoms with Gasteiger partial charge in [-0.1, -0.05) is 12.1 Å². The molecule has 0 unspecified atom stereocenters. The average Bonchev–Trinajstić information content (AvgIpc) is 2.71. The zero-order valence-electron chi connectivity index (χ0n) is 15.7. The first kappa shape index (κ1) is 20.1. The quantitative estimate of drug-likeness (QED) is 0.701. The van der Waals surface area contributed by atoms with E-state index in [0.717, 1.165) is 5.56 Å². The van der Waals surface area contributed by atoms with E-state index in [4.69, 9.17) is 14.2 Å². The minimum atomic E-state index is -0.235. The van der Waals surface area contributed by atoms with Crippen molar-refractivity contribution in [1.82, 2.24) is 10.6 Å². The van der Waals surface area contributed by atoms with Gasteiger partial charge in [-0.2, -0.15) is 0 Å². The van der Waals surface area contributed by atoms with E-state index in [-0.39, 0.29) is 18.4 Å². The minimum Gasteiger partial charge on any atom is -0.493 e. The van der Waals surface area contributed by atoms with Gasteiger partial charge in [-0.25, -0.2) is 0 Å². The third-order valence-corrected chi connectivity index (χ3v) is 3.88. The van der Waals surface area contributed by atoms with Crippen molar-refractivity contribution >= 4 is 11.8 Å². The summed E-state index contributed by atoms with van der Waals surface area (Å²) in [5, 5.41) is 5.34. The van der Waals surface area contributed by atoms with E-state index in [1.54, 1.807) is 45.5 Å². The van der Waals surface area contributed by atoms with Gasteiger partial charge in [0.2, 0.25) is 0 Å². The highest BCUT2D eigenvalue weighted by atomic mass is 16.5. The fourth-order valence-electron chi connectivity index (χ4n) is 2.45. The second-order valence-electron chi connectivity index (χ2n) is 5.68. The highest BCUT2D eigenvalue weighted by Gasteiger charge is 2.08. The molecule has 0 radical (unpaired) electrons. The molecule has 7 nitrogen and oxygen atoms in total. The molecular weight excluding hydrogens is 348 g/mol. The predicted octanol–water partition coefficient (Wildman–Crippen LogP) is 1.80. The molecule has 0 fully saturated rings. The second kappa shape index (κ2) is 10.1. The topological polar surface area (TPSA) is 85.9 Å². The van der Waals surface area contributed by atoms with Crippen LogP contribution >= 0.6 is 0 Å². The Balaban J connectivity index is 1.79. The molecule has 0 aromatic heterocycles. The van der Waals surface area contributed by atoms with Gasteiger partial charge in [0.25, 0.3) is 11.8 Å². The van der Waals surface area contributed by atoms with Gasteiger partial charge in [-0.3, -0.25) is 9.59 Å². The van der Waals surface area contributed by atoms with Gasteiger partial charge in [-0.05, 0) is 42.3 Å². The summed E-state index contributed by atoms with van der Waals surface area (Å²) in [6.45, 7) is 0.346. The van der Waals surface area contributed by atoms with Gasteiger partial charge < -0.3 is 24.8 Å². The number of carbonyl (C=O) groups excluding carboxylic acids is 2. The van der Waals surface area contributed by atoms with Crippen molar-refractivity contribution < 1.29 is 23.8 Å². The lowest BCUT2D eigenvalue weighted by Gasteiger charge is -2.11. The molecule has 144 valence electrons. The lowest BCUT2D eigenvalue weighted by Crippen LogP contribution is -2.30. The van der Waals surface area contributed by atoms with Gasteiger partial charge >= 0.3 is 0 Å². The first-order valence-electron chi connectivity index (χ1n) is 8.50. The number of ether oxygens (including phenoxy) is 3. The largest absolute Gasteiger partial charge is 0.493 e. The van der Waals surface area contributed by atoms with Crippen molar-refractivity contribution in [3.63, 3.8) is 0 Å². The Morgan fingerprint density at radius 3 is 2.48 bits per heavy atom. The summed E-state index contributed by atoms with van der Waals surface area (Å²) in [5.41, 5.74) is 1.50. The number of methoxy groups -OCH3 is 2. The summed E-state index contributed by atoms with van der Waals surface area (Å²) in [5.74, 6) is 1.34. The number of nitrogens with one attached hydrogen (secondary N) is 2. The van der Waals surface area contributed by atoms with E-state index in [2.05, 4.69) is 10.6 Å². The van der Waals surface area contributed by atoms with Gasteiger partial charge in [0.1, 0.15) is 5.75 Å². The number of rotatable bonds is 9. The molecule has 27 heavy (non-hydrogen) atoms. The third-order valence-electron chi connectivity index (χ3n) is 3.88. The molecule has 0 aliphatic carbocycles. The van der Waals surface area contributed by atoms with E-state index in [0.29, 0.717) is 35.8 Å². The number of benzene rings is 2. The number of carbonyl (C=O) groups is 2. The molecule has 2 amide bonds. The Bertz CT molecular complexity index is 792. The maximum absolute atomic E-state index is 11.9. The molecule has 0 saturated heterocycles. The Hall–Kier alpha value is -3.22. The monoisotopic (exact) mass is 372 g/mol. The fraction of sp³-hybridized carbons (Fsp3) is 0.300. The van der Waals surface area contributed by atoms with Crippen molar-refractivity contribution in [3.05, 3.63) is 53.6 Å². The van der Waals surface area contributed by atoms with Crippen molar-refractivity contribution in [2.24, 2.45) is 0 Å². The average molecular weight is 372 g/mol. The van der Waals surface area contributed by atoms with Gasteiger partial charge in [0, 0.05) is 19.2 Å². The van der Waals surface area contributed by atoms with Crippen LogP contribution in [0, 0.1) is 0 Å². The summed E-state index contributed by atoms with van der Waals surface area (Å²) in [4.78, 5) is 23.5. The van der Waals surface area contributed by atoms with Crippen molar-refractivity contribution in [3.8, 4) is 17.2 Å². The van der Waals surface area contributed by atoms with Crippen LogP contribution in [0.25, 0.3) is 0 Å². The molecule has 2 aromatic rings. The smallest absolute Gasteiger partial charge is 0.257 e. The Morgan fingerprint density at radius 1 is 1.00 bits per heavy atom. The van der Waals surface area contributed by atoms with Gasteiger partial charge in [-0.15, -0.1) is 0 Å². The predicted molar refractivity (Wildman–Crippen MR) is 102 cm³/mol. The number of amides is 2. The molecular formula is C20H24N2O5. The summed E-state index contributed by atoms with van der Waals surface area (Å²) in [7, 11) is 4.73. The summed E-state index contributed by atoms with van der Waals surface area (Å²) < 4.78 is 15.9. The molecule has 0 bridgehead atoms. The van der Waals surface area contributed by atoms with Crippen LogP contribution in [0.15, 0.2) is 42.5 Å². The molecule has 2 rings (SSSR count). The van der Waals surface area contributed by atoms with Crippen LogP contribution in [0.1, 0.15) is 15.9 Å². The maximum Gasteiger partial charge on any atom is 0.257 e. The normalized spacial score (nSPS) is 10.0. The summed E-state index contributed by atoms with van der Waals surface area (Å²) in [6, 6.07) is 12.3. The molecule has 2 aromatic carbocycles. The van der Waals surface area contributed by atoms with Crippen molar-refractivity contribution in [2.45, 2.75) is 6.42 Å². The van der Waals surface area contributed by atoms with E-state index in [1.807, 2.05) is 18.2 Å². The molecule has 0 atom stereocenters. The van der Waals surface area contributed by atoms with Crippen molar-refractivity contribution in [2.75, 3.05) is 34.4 Å². The summed E-state index contributed by atoms with van der Waals surface area (Å²) >= 11 is 0. The Kier molecular flexibility index (Phi) is 7.49. The number of hydrogen-bond acceptors (Lipinski definition) is 5.